The Hall–Kier alpha value is -1.35. The topological polar surface area (TPSA) is 57.5 Å². The number of carboxylic acid groups (broad SMARTS) is 1. The Morgan fingerprint density at radius 3 is 2.11 bits per heavy atom. The van der Waals surface area contributed by atoms with E-state index in [0.29, 0.717) is 6.42 Å². The Morgan fingerprint density at radius 1 is 1.21 bits per heavy atom. The Balaban J connectivity index is 2.95. The van der Waals surface area contributed by atoms with Gasteiger partial charge in [-0.1, -0.05) is 31.5 Å². The van der Waals surface area contributed by atoms with Crippen LogP contribution in [0.15, 0.2) is 12.1 Å². The quantitative estimate of drug-likeness (QED) is 0.855. The number of hydrogen-bond donors (Lipinski definition) is 2. The number of aryl methyl sites for hydroxylation is 3. The van der Waals surface area contributed by atoms with Crippen LogP contribution in [0.3, 0.4) is 0 Å². The molecule has 0 radical (unpaired) electrons. The molecule has 1 rings (SSSR count). The van der Waals surface area contributed by atoms with Gasteiger partial charge >= 0.3 is 5.97 Å². The van der Waals surface area contributed by atoms with E-state index in [-0.39, 0.29) is 6.42 Å². The molecule has 0 spiro atoms. The van der Waals surface area contributed by atoms with E-state index in [2.05, 4.69) is 12.1 Å². The van der Waals surface area contributed by atoms with Gasteiger partial charge in [0.2, 0.25) is 0 Å². The fourth-order valence-electron chi connectivity index (χ4n) is 2.82. The second kappa shape index (κ2) is 5.74. The molecule has 3 heteroatoms. The maximum Gasteiger partial charge on any atom is 0.303 e. The van der Waals surface area contributed by atoms with Crippen molar-refractivity contribution < 1.29 is 15.0 Å². The van der Waals surface area contributed by atoms with Gasteiger partial charge in [-0.05, 0) is 49.3 Å². The van der Waals surface area contributed by atoms with Gasteiger partial charge in [0.25, 0.3) is 0 Å². The fourth-order valence-corrected chi connectivity index (χ4v) is 2.82. The van der Waals surface area contributed by atoms with Gasteiger partial charge in [-0.2, -0.15) is 0 Å². The van der Waals surface area contributed by atoms with Gasteiger partial charge in [-0.3, -0.25) is 4.79 Å². The van der Waals surface area contributed by atoms with Crippen LogP contribution in [0.1, 0.15) is 55.0 Å². The second-order valence-electron chi connectivity index (χ2n) is 6.27. The summed E-state index contributed by atoms with van der Waals surface area (Å²) in [7, 11) is 0. The van der Waals surface area contributed by atoms with E-state index >= 15 is 0 Å². The van der Waals surface area contributed by atoms with Crippen LogP contribution in [0.4, 0.5) is 0 Å². The first-order valence-electron chi connectivity index (χ1n) is 6.60. The highest BCUT2D eigenvalue weighted by atomic mass is 16.4. The summed E-state index contributed by atoms with van der Waals surface area (Å²) in [6, 6.07) is 4.10. The molecule has 0 aliphatic heterocycles. The lowest BCUT2D eigenvalue weighted by atomic mass is 9.80. The van der Waals surface area contributed by atoms with Crippen molar-refractivity contribution in [3.8, 4) is 0 Å². The minimum absolute atomic E-state index is 0.0635. The summed E-state index contributed by atoms with van der Waals surface area (Å²) in [5.41, 5.74) is 3.82. The summed E-state index contributed by atoms with van der Waals surface area (Å²) in [6.45, 7) is 9.77. The molecule has 1 atom stereocenters. The second-order valence-corrected chi connectivity index (χ2v) is 6.27. The first kappa shape index (κ1) is 15.7. The monoisotopic (exact) mass is 264 g/mol. The molecule has 0 amide bonds. The highest BCUT2D eigenvalue weighted by Crippen LogP contribution is 2.35. The predicted molar refractivity (Wildman–Crippen MR) is 76.3 cm³/mol. The smallest absolute Gasteiger partial charge is 0.303 e. The van der Waals surface area contributed by atoms with E-state index in [0.717, 1.165) is 16.7 Å². The van der Waals surface area contributed by atoms with Crippen LogP contribution in [0, 0.1) is 26.2 Å². The third-order valence-corrected chi connectivity index (χ3v) is 3.45. The van der Waals surface area contributed by atoms with E-state index < -0.39 is 17.5 Å². The normalized spacial score (nSPS) is 13.4. The molecule has 0 saturated carbocycles. The molecule has 0 fully saturated rings. The van der Waals surface area contributed by atoms with Crippen molar-refractivity contribution >= 4 is 5.97 Å². The minimum atomic E-state index is -0.824. The molecule has 19 heavy (non-hydrogen) atoms. The van der Waals surface area contributed by atoms with E-state index in [1.165, 1.54) is 5.56 Å². The summed E-state index contributed by atoms with van der Waals surface area (Å²) in [4.78, 5) is 10.8. The first-order chi connectivity index (χ1) is 8.62. The highest BCUT2D eigenvalue weighted by molar-refractivity contribution is 5.67. The predicted octanol–water partition coefficient (Wildman–Crippen LogP) is 3.54. The van der Waals surface area contributed by atoms with Crippen molar-refractivity contribution in [2.45, 2.75) is 53.6 Å². The Kier molecular flexibility index (Phi) is 4.75. The maximum atomic E-state index is 10.8. The van der Waals surface area contributed by atoms with Crippen LogP contribution in [0.25, 0.3) is 0 Å². The van der Waals surface area contributed by atoms with Crippen molar-refractivity contribution in [1.29, 1.82) is 0 Å². The molecule has 0 heterocycles. The SMILES string of the molecule is Cc1cc(C)c(C(O)CC(C)(C)CC(=O)O)c(C)c1. The van der Waals surface area contributed by atoms with Crippen LogP contribution in [-0.4, -0.2) is 16.2 Å². The maximum absolute atomic E-state index is 10.8. The summed E-state index contributed by atoms with van der Waals surface area (Å²) < 4.78 is 0. The number of carbonyl (C=O) groups is 1. The van der Waals surface area contributed by atoms with Crippen molar-refractivity contribution in [3.05, 3.63) is 34.4 Å². The lowest BCUT2D eigenvalue weighted by molar-refractivity contribution is -0.139. The molecular formula is C16H24O3. The van der Waals surface area contributed by atoms with Gasteiger partial charge < -0.3 is 10.2 Å². The number of aliphatic carboxylic acids is 1. The average Bonchev–Trinajstić information content (AvgIpc) is 2.10. The fraction of sp³-hybridized carbons (Fsp3) is 0.562. The summed E-state index contributed by atoms with van der Waals surface area (Å²) >= 11 is 0. The van der Waals surface area contributed by atoms with E-state index in [4.69, 9.17) is 5.11 Å². The van der Waals surface area contributed by atoms with Gasteiger partial charge in [0.05, 0.1) is 12.5 Å². The van der Waals surface area contributed by atoms with Crippen LogP contribution in [-0.2, 0) is 4.79 Å². The molecule has 0 aromatic heterocycles. The van der Waals surface area contributed by atoms with Crippen molar-refractivity contribution in [3.63, 3.8) is 0 Å². The minimum Gasteiger partial charge on any atom is -0.481 e. The molecular weight excluding hydrogens is 240 g/mol. The molecule has 1 aromatic carbocycles. The van der Waals surface area contributed by atoms with Crippen molar-refractivity contribution in [2.75, 3.05) is 0 Å². The van der Waals surface area contributed by atoms with Gasteiger partial charge in [-0.25, -0.2) is 0 Å². The van der Waals surface area contributed by atoms with Crippen LogP contribution >= 0.6 is 0 Å². The number of benzene rings is 1. The molecule has 0 bridgehead atoms. The van der Waals surface area contributed by atoms with Crippen molar-refractivity contribution in [2.24, 2.45) is 5.41 Å². The van der Waals surface area contributed by atoms with Gasteiger partial charge in [0, 0.05) is 0 Å². The molecule has 1 aromatic rings. The number of rotatable bonds is 5. The van der Waals surface area contributed by atoms with Gasteiger partial charge in [0.1, 0.15) is 0 Å². The Bertz CT molecular complexity index is 452. The summed E-state index contributed by atoms with van der Waals surface area (Å²) in [5, 5.41) is 19.3. The zero-order valence-electron chi connectivity index (χ0n) is 12.4. The third-order valence-electron chi connectivity index (χ3n) is 3.45. The first-order valence-corrected chi connectivity index (χ1v) is 6.60. The zero-order chi connectivity index (χ0) is 14.8. The molecule has 2 N–H and O–H groups in total. The lowest BCUT2D eigenvalue weighted by Crippen LogP contribution is -2.21. The standard InChI is InChI=1S/C16H24O3/c1-10-6-11(2)15(12(3)7-10)13(17)8-16(4,5)9-14(18)19/h6-7,13,17H,8-9H2,1-5H3,(H,18,19). The van der Waals surface area contributed by atoms with Crippen LogP contribution in [0.2, 0.25) is 0 Å². The molecule has 0 aliphatic rings. The van der Waals surface area contributed by atoms with E-state index in [9.17, 15) is 9.90 Å². The lowest BCUT2D eigenvalue weighted by Gasteiger charge is -2.27. The number of aliphatic hydroxyl groups excluding tert-OH is 1. The number of aliphatic hydroxyl groups is 1. The third kappa shape index (κ3) is 4.35. The van der Waals surface area contributed by atoms with Crippen molar-refractivity contribution in [1.82, 2.24) is 0 Å². The summed E-state index contributed by atoms with van der Waals surface area (Å²) in [5.74, 6) is -0.824. The van der Waals surface area contributed by atoms with E-state index in [1.54, 1.807) is 0 Å². The van der Waals surface area contributed by atoms with E-state index in [1.807, 2.05) is 34.6 Å². The highest BCUT2D eigenvalue weighted by Gasteiger charge is 2.27. The largest absolute Gasteiger partial charge is 0.481 e. The summed E-state index contributed by atoms with van der Waals surface area (Å²) in [6.07, 6.45) is -0.104. The van der Waals surface area contributed by atoms with Crippen LogP contribution < -0.4 is 0 Å². The van der Waals surface area contributed by atoms with Gasteiger partial charge in [0.15, 0.2) is 0 Å². The van der Waals surface area contributed by atoms with Crippen LogP contribution in [0.5, 0.6) is 0 Å². The molecule has 106 valence electrons. The molecule has 1 unspecified atom stereocenters. The number of carboxylic acids is 1. The average molecular weight is 264 g/mol. The number of hydrogen-bond acceptors (Lipinski definition) is 2. The molecule has 0 aliphatic carbocycles. The zero-order valence-corrected chi connectivity index (χ0v) is 12.4. The Morgan fingerprint density at radius 2 is 1.68 bits per heavy atom. The molecule has 3 nitrogen and oxygen atoms in total. The van der Waals surface area contributed by atoms with Gasteiger partial charge in [-0.15, -0.1) is 0 Å². The Labute approximate surface area is 115 Å². The molecule has 0 saturated heterocycles.